The fourth-order valence-electron chi connectivity index (χ4n) is 1.93. The van der Waals surface area contributed by atoms with E-state index in [9.17, 15) is 9.18 Å². The molecule has 0 fully saturated rings. The first-order valence-electron chi connectivity index (χ1n) is 6.94. The molecule has 0 N–H and O–H groups in total. The van der Waals surface area contributed by atoms with Gasteiger partial charge in [-0.25, -0.2) is 9.18 Å². The third kappa shape index (κ3) is 4.57. The van der Waals surface area contributed by atoms with E-state index in [1.54, 1.807) is 49.6 Å². The number of rotatable bonds is 6. The summed E-state index contributed by atoms with van der Waals surface area (Å²) in [5.74, 6) is 0.216. The van der Waals surface area contributed by atoms with Crippen LogP contribution in [0.2, 0.25) is 0 Å². The van der Waals surface area contributed by atoms with Crippen LogP contribution in [0.25, 0.3) is 6.08 Å². The second-order valence-corrected chi connectivity index (χ2v) is 4.65. The Hall–Kier alpha value is -2.82. The lowest BCUT2D eigenvalue weighted by Gasteiger charge is -2.07. The Labute approximate surface area is 134 Å². The maximum absolute atomic E-state index is 13.4. The van der Waals surface area contributed by atoms with Crippen LogP contribution in [0.15, 0.2) is 48.5 Å². The number of halogens is 1. The number of hydrogen-bond acceptors (Lipinski definition) is 4. The van der Waals surface area contributed by atoms with Gasteiger partial charge in [0.2, 0.25) is 0 Å². The van der Waals surface area contributed by atoms with Crippen LogP contribution >= 0.6 is 0 Å². The Morgan fingerprint density at radius 1 is 1.09 bits per heavy atom. The molecule has 23 heavy (non-hydrogen) atoms. The summed E-state index contributed by atoms with van der Waals surface area (Å²) in [6, 6.07) is 11.4. The maximum atomic E-state index is 13.4. The van der Waals surface area contributed by atoms with E-state index in [0.29, 0.717) is 17.1 Å². The minimum atomic E-state index is -0.553. The number of benzene rings is 2. The molecule has 2 aromatic carbocycles. The van der Waals surface area contributed by atoms with Gasteiger partial charge in [0.1, 0.15) is 12.4 Å². The maximum Gasteiger partial charge on any atom is 0.331 e. The number of carbonyl (C=O) groups is 1. The Kier molecular flexibility index (Phi) is 5.74. The minimum Gasteiger partial charge on any atom is -0.493 e. The van der Waals surface area contributed by atoms with E-state index < -0.39 is 11.8 Å². The van der Waals surface area contributed by atoms with E-state index in [-0.39, 0.29) is 6.61 Å². The smallest absolute Gasteiger partial charge is 0.331 e. The van der Waals surface area contributed by atoms with Crippen LogP contribution in [0, 0.1) is 5.82 Å². The molecule has 0 aliphatic heterocycles. The number of hydrogen-bond donors (Lipinski definition) is 0. The zero-order chi connectivity index (χ0) is 16.7. The molecule has 120 valence electrons. The third-order valence-corrected chi connectivity index (χ3v) is 3.15. The largest absolute Gasteiger partial charge is 0.493 e. The molecule has 0 aliphatic carbocycles. The summed E-state index contributed by atoms with van der Waals surface area (Å²) in [6.45, 7) is -0.109. The summed E-state index contributed by atoms with van der Waals surface area (Å²) in [6.07, 6.45) is 2.87. The highest BCUT2D eigenvalue weighted by Gasteiger charge is 2.05. The van der Waals surface area contributed by atoms with E-state index in [0.717, 1.165) is 5.56 Å². The van der Waals surface area contributed by atoms with Gasteiger partial charge in [-0.05, 0) is 29.8 Å². The van der Waals surface area contributed by atoms with E-state index in [1.807, 2.05) is 0 Å². The number of esters is 1. The molecule has 0 atom stereocenters. The van der Waals surface area contributed by atoms with Crippen LogP contribution in [-0.4, -0.2) is 20.2 Å². The zero-order valence-electron chi connectivity index (χ0n) is 12.9. The molecule has 0 saturated carbocycles. The van der Waals surface area contributed by atoms with E-state index in [2.05, 4.69) is 0 Å². The molecule has 5 heteroatoms. The molecule has 0 spiro atoms. The molecule has 0 amide bonds. The van der Waals surface area contributed by atoms with Gasteiger partial charge in [0.15, 0.2) is 11.5 Å². The van der Waals surface area contributed by atoms with Crippen LogP contribution in [-0.2, 0) is 16.1 Å². The van der Waals surface area contributed by atoms with Crippen molar-refractivity contribution in [1.29, 1.82) is 0 Å². The molecule has 0 unspecified atom stereocenters. The summed E-state index contributed by atoms with van der Waals surface area (Å²) in [5, 5.41) is 0. The van der Waals surface area contributed by atoms with Crippen LogP contribution in [0.3, 0.4) is 0 Å². The molecule has 2 aromatic rings. The van der Waals surface area contributed by atoms with E-state index >= 15 is 0 Å². The van der Waals surface area contributed by atoms with Gasteiger partial charge >= 0.3 is 5.97 Å². The second kappa shape index (κ2) is 7.98. The topological polar surface area (TPSA) is 44.8 Å². The van der Waals surface area contributed by atoms with Gasteiger partial charge in [-0.15, -0.1) is 0 Å². The van der Waals surface area contributed by atoms with Crippen molar-refractivity contribution in [3.63, 3.8) is 0 Å². The van der Waals surface area contributed by atoms with Crippen LogP contribution < -0.4 is 9.47 Å². The number of ether oxygens (including phenoxy) is 3. The first-order chi connectivity index (χ1) is 11.1. The average molecular weight is 316 g/mol. The predicted molar refractivity (Wildman–Crippen MR) is 84.8 cm³/mol. The molecule has 0 aromatic heterocycles. The summed E-state index contributed by atoms with van der Waals surface area (Å²) in [5.41, 5.74) is 1.09. The summed E-state index contributed by atoms with van der Waals surface area (Å²) < 4.78 is 28.7. The van der Waals surface area contributed by atoms with Gasteiger partial charge in [-0.1, -0.05) is 24.3 Å². The van der Waals surface area contributed by atoms with Gasteiger partial charge in [0, 0.05) is 11.6 Å². The molecule has 0 heterocycles. The Morgan fingerprint density at radius 3 is 2.52 bits per heavy atom. The zero-order valence-corrected chi connectivity index (χ0v) is 12.9. The van der Waals surface area contributed by atoms with Crippen molar-refractivity contribution in [3.8, 4) is 11.5 Å². The fourth-order valence-corrected chi connectivity index (χ4v) is 1.93. The highest BCUT2D eigenvalue weighted by molar-refractivity contribution is 5.87. The first-order valence-corrected chi connectivity index (χ1v) is 6.94. The second-order valence-electron chi connectivity index (χ2n) is 4.65. The lowest BCUT2D eigenvalue weighted by molar-refractivity contribution is -0.138. The molecule has 0 saturated heterocycles. The lowest BCUT2D eigenvalue weighted by atomic mass is 10.2. The quantitative estimate of drug-likeness (QED) is 0.603. The minimum absolute atomic E-state index is 0.109. The Morgan fingerprint density at radius 2 is 1.83 bits per heavy atom. The monoisotopic (exact) mass is 316 g/mol. The fraction of sp³-hybridized carbons (Fsp3) is 0.167. The highest BCUT2D eigenvalue weighted by Crippen LogP contribution is 2.27. The van der Waals surface area contributed by atoms with Crippen molar-refractivity contribution in [1.82, 2.24) is 0 Å². The third-order valence-electron chi connectivity index (χ3n) is 3.15. The van der Waals surface area contributed by atoms with Gasteiger partial charge in [-0.2, -0.15) is 0 Å². The molecule has 0 aliphatic rings. The van der Waals surface area contributed by atoms with Crippen molar-refractivity contribution >= 4 is 12.0 Å². The summed E-state index contributed by atoms with van der Waals surface area (Å²) in [7, 11) is 3.08. The van der Waals surface area contributed by atoms with Crippen molar-refractivity contribution in [2.24, 2.45) is 0 Å². The summed E-state index contributed by atoms with van der Waals surface area (Å²) in [4.78, 5) is 11.7. The standard InChI is InChI=1S/C18H17FO4/c1-21-16-9-7-13(11-17(16)22-2)8-10-18(20)23-12-14-5-3-4-6-15(14)19/h3-11H,12H2,1-2H3/b10-8+. The number of carbonyl (C=O) groups excluding carboxylic acids is 1. The molecular weight excluding hydrogens is 299 g/mol. The first kappa shape index (κ1) is 16.5. The van der Waals surface area contributed by atoms with E-state index in [4.69, 9.17) is 14.2 Å². The van der Waals surface area contributed by atoms with Crippen molar-refractivity contribution < 1.29 is 23.4 Å². The average Bonchev–Trinajstić information content (AvgIpc) is 2.58. The van der Waals surface area contributed by atoms with Gasteiger partial charge in [0.25, 0.3) is 0 Å². The van der Waals surface area contributed by atoms with Crippen molar-refractivity contribution in [3.05, 3.63) is 65.5 Å². The van der Waals surface area contributed by atoms with Crippen LogP contribution in [0.4, 0.5) is 4.39 Å². The number of methoxy groups -OCH3 is 2. The predicted octanol–water partition coefficient (Wildman–Crippen LogP) is 3.60. The Balaban J connectivity index is 1.97. The van der Waals surface area contributed by atoms with Crippen molar-refractivity contribution in [2.75, 3.05) is 14.2 Å². The summed E-state index contributed by atoms with van der Waals surface area (Å²) >= 11 is 0. The molecular formula is C18H17FO4. The SMILES string of the molecule is COc1ccc(/C=C/C(=O)OCc2ccccc2F)cc1OC. The van der Waals surface area contributed by atoms with Gasteiger partial charge in [0.05, 0.1) is 14.2 Å². The van der Waals surface area contributed by atoms with Gasteiger partial charge < -0.3 is 14.2 Å². The Bertz CT molecular complexity index is 710. The molecule has 2 rings (SSSR count). The lowest BCUT2D eigenvalue weighted by Crippen LogP contribution is -2.02. The van der Waals surface area contributed by atoms with Gasteiger partial charge in [-0.3, -0.25) is 0 Å². The highest BCUT2D eigenvalue weighted by atomic mass is 19.1. The van der Waals surface area contributed by atoms with E-state index in [1.165, 1.54) is 19.3 Å². The van der Waals surface area contributed by atoms with Crippen LogP contribution in [0.1, 0.15) is 11.1 Å². The van der Waals surface area contributed by atoms with Crippen molar-refractivity contribution in [2.45, 2.75) is 6.61 Å². The van der Waals surface area contributed by atoms with Crippen LogP contribution in [0.5, 0.6) is 11.5 Å². The normalized spacial score (nSPS) is 10.6. The molecule has 0 bridgehead atoms. The molecule has 0 radical (unpaired) electrons. The molecule has 4 nitrogen and oxygen atoms in total.